The van der Waals surface area contributed by atoms with Crippen molar-refractivity contribution >= 4 is 97.5 Å². The minimum atomic E-state index is -1.77. The third-order valence-corrected chi connectivity index (χ3v) is 15.1. The molecular weight excluding hydrogens is 1010 g/mol. The molecule has 17 N–H and O–H groups in total. The number of aromatic nitrogens is 1. The van der Waals surface area contributed by atoms with Crippen LogP contribution < -0.4 is 60.2 Å². The second-order valence-corrected chi connectivity index (χ2v) is 20.9. The molecule has 3 heterocycles. The summed E-state index contributed by atoms with van der Waals surface area (Å²) in [7, 11) is 2.03. The Morgan fingerprint density at radius 2 is 1.44 bits per heavy atom. The van der Waals surface area contributed by atoms with Gasteiger partial charge in [-0.15, -0.1) is 0 Å². The van der Waals surface area contributed by atoms with E-state index in [0.29, 0.717) is 24.0 Å². The number of aromatic hydroxyl groups is 1. The van der Waals surface area contributed by atoms with Crippen LogP contribution in [0.25, 0.3) is 10.9 Å². The summed E-state index contributed by atoms with van der Waals surface area (Å²) in [6.07, 6.45) is 0.672. The molecule has 9 atom stereocenters. The maximum Gasteiger partial charge on any atom is 0.246 e. The Morgan fingerprint density at radius 1 is 0.787 bits per heavy atom. The number of carbonyl (C=O) groups is 11. The summed E-state index contributed by atoms with van der Waals surface area (Å²) in [6, 6.07) is 1.91. The van der Waals surface area contributed by atoms with E-state index in [0.717, 1.165) is 32.5 Å². The number of aromatic amines is 1. The van der Waals surface area contributed by atoms with E-state index in [1.807, 2.05) is 18.2 Å². The van der Waals surface area contributed by atoms with Gasteiger partial charge in [-0.05, 0) is 54.5 Å². The predicted molar refractivity (Wildman–Crippen MR) is 277 cm³/mol. The molecule has 2 saturated heterocycles. The van der Waals surface area contributed by atoms with E-state index in [9.17, 15) is 57.8 Å². The third kappa shape index (κ3) is 17.1. The maximum absolute atomic E-state index is 14.7. The van der Waals surface area contributed by atoms with Crippen molar-refractivity contribution in [2.75, 3.05) is 24.6 Å². The number of para-hydroxylation sites is 1. The number of phenolic OH excluding ortho intramolecular Hbond substituents is 1. The number of likely N-dealkylation sites (tertiary alicyclic amines) is 1. The van der Waals surface area contributed by atoms with E-state index in [1.54, 1.807) is 26.1 Å². The largest absolute Gasteiger partial charge is 0.508 e. The number of carbonyl (C=O) groups excluding carboxylic acids is 11. The van der Waals surface area contributed by atoms with Crippen molar-refractivity contribution in [2.24, 2.45) is 28.9 Å². The minimum absolute atomic E-state index is 0.0202. The number of nitrogens with zero attached hydrogens (tertiary/aromatic N) is 1. The molecule has 2 aliphatic heterocycles. The molecule has 406 valence electrons. The minimum Gasteiger partial charge on any atom is -0.508 e. The van der Waals surface area contributed by atoms with Crippen LogP contribution in [0.1, 0.15) is 63.5 Å². The van der Waals surface area contributed by atoms with Gasteiger partial charge in [-0.25, -0.2) is 0 Å². The Bertz CT molecular complexity index is 2600. The zero-order valence-corrected chi connectivity index (χ0v) is 43.0. The van der Waals surface area contributed by atoms with Gasteiger partial charge in [0.25, 0.3) is 0 Å². The van der Waals surface area contributed by atoms with E-state index in [1.165, 1.54) is 29.2 Å². The lowest BCUT2D eigenvalue weighted by atomic mass is 9.96. The first-order valence-electron chi connectivity index (χ1n) is 24.2. The number of amides is 11. The number of benzene rings is 2. The normalized spacial score (nSPS) is 23.3. The number of H-pyrrole nitrogens is 1. The van der Waals surface area contributed by atoms with Crippen molar-refractivity contribution in [3.63, 3.8) is 0 Å². The van der Waals surface area contributed by atoms with E-state index < -0.39 is 145 Å². The van der Waals surface area contributed by atoms with Crippen LogP contribution in [0.4, 0.5) is 0 Å². The third-order valence-electron chi connectivity index (χ3n) is 12.7. The molecule has 0 radical (unpaired) electrons. The summed E-state index contributed by atoms with van der Waals surface area (Å²) in [5, 5.41) is 28.7. The summed E-state index contributed by atoms with van der Waals surface area (Å²) in [6.45, 7) is 2.90. The summed E-state index contributed by atoms with van der Waals surface area (Å²) in [4.78, 5) is 153. The van der Waals surface area contributed by atoms with E-state index in [4.69, 9.17) is 22.9 Å². The van der Waals surface area contributed by atoms with Gasteiger partial charge in [-0.3, -0.25) is 52.7 Å². The van der Waals surface area contributed by atoms with Crippen LogP contribution in [0.15, 0.2) is 54.7 Å². The van der Waals surface area contributed by atoms with E-state index in [2.05, 4.69) is 42.2 Å². The fourth-order valence-electron chi connectivity index (χ4n) is 8.37. The molecule has 25 nitrogen and oxygen atoms in total. The molecular formula is C48H65N13O12S2. The van der Waals surface area contributed by atoms with E-state index >= 15 is 0 Å². The van der Waals surface area contributed by atoms with Gasteiger partial charge in [-0.2, -0.15) is 0 Å². The first kappa shape index (κ1) is 58.5. The lowest BCUT2D eigenvalue weighted by Crippen LogP contribution is -2.61. The fourth-order valence-corrected chi connectivity index (χ4v) is 10.6. The first-order valence-corrected chi connectivity index (χ1v) is 26.7. The summed E-state index contributed by atoms with van der Waals surface area (Å²) in [5.41, 5.74) is 24.6. The van der Waals surface area contributed by atoms with Gasteiger partial charge in [0.05, 0.1) is 19.0 Å². The van der Waals surface area contributed by atoms with Gasteiger partial charge >= 0.3 is 0 Å². The number of hydrogen-bond donors (Lipinski definition) is 13. The molecule has 27 heteroatoms. The van der Waals surface area contributed by atoms with Crippen molar-refractivity contribution in [1.29, 1.82) is 0 Å². The summed E-state index contributed by atoms with van der Waals surface area (Å²) < 4.78 is 0. The van der Waals surface area contributed by atoms with Gasteiger partial charge in [0.2, 0.25) is 65.0 Å². The number of rotatable bonds is 17. The molecule has 11 amide bonds. The number of phenols is 1. The molecule has 0 unspecified atom stereocenters. The number of nitrogens with one attached hydrogen (secondary N) is 8. The Kier molecular flexibility index (Phi) is 21.7. The Balaban J connectivity index is 1.46. The van der Waals surface area contributed by atoms with Gasteiger partial charge in [-0.1, -0.05) is 72.2 Å². The average Bonchev–Trinajstić information content (AvgIpc) is 4.04. The molecule has 1 aromatic heterocycles. The van der Waals surface area contributed by atoms with Crippen LogP contribution in [0, 0.1) is 5.92 Å². The summed E-state index contributed by atoms with van der Waals surface area (Å²) in [5.74, 6) is -10.5. The lowest BCUT2D eigenvalue weighted by molar-refractivity contribution is -0.142. The molecule has 0 saturated carbocycles. The molecule has 2 fully saturated rings. The smallest absolute Gasteiger partial charge is 0.246 e. The topological polar surface area (TPSA) is 415 Å². The SMILES string of the molecule is CC[C@H](C)[C@@H]1NC(=O)[C@@H](Cc2ccc(O)cc2)NC(=O)[C@H](N)CSSC[C@@H](C(=O)N2CCC[C@@H]2C(=O)N[C@@H](Cc2c[nH]c3ccccc23)C(=O)NCC(N)=O)NC(=O)[C@H](CC(N)=O)NC(=O)[C@@H](CCC(N)=O)NC1=O. The highest BCUT2D eigenvalue weighted by atomic mass is 33.1. The van der Waals surface area contributed by atoms with Crippen LogP contribution in [0.2, 0.25) is 0 Å². The number of primary amides is 3. The Morgan fingerprint density at radius 3 is 2.12 bits per heavy atom. The quantitative estimate of drug-likeness (QED) is 0.0602. The zero-order chi connectivity index (χ0) is 54.9. The van der Waals surface area contributed by atoms with Crippen LogP contribution in [-0.2, 0) is 65.6 Å². The van der Waals surface area contributed by atoms with E-state index in [-0.39, 0.29) is 43.1 Å². The Labute approximate surface area is 439 Å². The second-order valence-electron chi connectivity index (χ2n) is 18.3. The maximum atomic E-state index is 14.7. The van der Waals surface area contributed by atoms with Crippen molar-refractivity contribution in [2.45, 2.75) is 114 Å². The molecule has 2 aromatic carbocycles. The van der Waals surface area contributed by atoms with Gasteiger partial charge in [0, 0.05) is 54.4 Å². The monoisotopic (exact) mass is 1080 g/mol. The highest BCUT2D eigenvalue weighted by Gasteiger charge is 2.41. The number of fused-ring (bicyclic) bond motifs is 1. The average molecular weight is 1080 g/mol. The standard InChI is InChI=1S/C48H65N13O12S2/c1-3-24(2)40-47(72)55-31(14-15-37(50)63)43(68)57-34(19-38(51)64)44(69)59-35(23-75-74-22-29(49)41(66)56-32(45(70)60-40)17-25-10-12-27(62)13-11-25)48(73)61-16-6-9-36(61)46(71)58-33(42(67)54-21-39(52)65)18-26-20-53-30-8-5-4-7-28(26)30/h4-5,7-8,10-13,20,24,29,31-36,40,53,62H,3,6,9,14-19,21-23,49H2,1-2H3,(H2,50,63)(H2,51,64)(H2,52,65)(H,54,67)(H,55,72)(H,56,66)(H,57,68)(H,58,71)(H,59,69)(H,60,70)/t24-,29+,31+,32+,33-,34-,35-,36+,40-/m0/s1. The molecule has 5 rings (SSSR count). The molecule has 2 aliphatic rings. The van der Waals surface area contributed by atoms with Crippen molar-refractivity contribution < 1.29 is 57.8 Å². The van der Waals surface area contributed by atoms with Crippen molar-refractivity contribution in [3.05, 3.63) is 65.9 Å². The number of nitrogens with two attached hydrogens (primary N) is 4. The molecule has 3 aromatic rings. The highest BCUT2D eigenvalue weighted by Crippen LogP contribution is 2.26. The first-order chi connectivity index (χ1) is 35.6. The Hall–Kier alpha value is -7.39. The van der Waals surface area contributed by atoms with Gasteiger partial charge in [0.1, 0.15) is 48.0 Å². The molecule has 0 aliphatic carbocycles. The second kappa shape index (κ2) is 27.8. The van der Waals surface area contributed by atoms with Crippen molar-refractivity contribution in [3.8, 4) is 5.75 Å². The summed E-state index contributed by atoms with van der Waals surface area (Å²) >= 11 is 0. The molecule has 0 spiro atoms. The lowest BCUT2D eigenvalue weighted by Gasteiger charge is -2.31. The molecule has 75 heavy (non-hydrogen) atoms. The van der Waals surface area contributed by atoms with Crippen LogP contribution in [-0.4, -0.2) is 153 Å². The van der Waals surface area contributed by atoms with Gasteiger partial charge in [0.15, 0.2) is 0 Å². The predicted octanol–water partition coefficient (Wildman–Crippen LogP) is -2.93. The van der Waals surface area contributed by atoms with Gasteiger partial charge < -0.3 is 75.1 Å². The molecule has 0 bridgehead atoms. The van der Waals surface area contributed by atoms with Crippen molar-refractivity contribution in [1.82, 2.24) is 47.1 Å². The van der Waals surface area contributed by atoms with Crippen LogP contribution in [0.3, 0.4) is 0 Å². The zero-order valence-electron chi connectivity index (χ0n) is 41.4. The van der Waals surface area contributed by atoms with Crippen LogP contribution in [0.5, 0.6) is 5.75 Å². The highest BCUT2D eigenvalue weighted by molar-refractivity contribution is 8.76. The fraction of sp³-hybridized carbons (Fsp3) is 0.479. The van der Waals surface area contributed by atoms with Crippen LogP contribution >= 0.6 is 21.6 Å². The number of hydrogen-bond acceptors (Lipinski definition) is 15.